The summed E-state index contributed by atoms with van der Waals surface area (Å²) in [6.45, 7) is 0. The Morgan fingerprint density at radius 1 is 1.06 bits per heavy atom. The average molecular weight is 254 g/mol. The van der Waals surface area contributed by atoms with E-state index < -0.39 is 6.36 Å². The van der Waals surface area contributed by atoms with Crippen molar-refractivity contribution in [2.75, 3.05) is 5.73 Å². The van der Waals surface area contributed by atoms with Crippen LogP contribution in [0.5, 0.6) is 5.75 Å². The highest BCUT2D eigenvalue weighted by Gasteiger charge is 2.30. The number of ether oxygens (including phenoxy) is 1. The number of hydrogen-bond donors (Lipinski definition) is 1. The zero-order valence-corrected chi connectivity index (χ0v) is 9.11. The molecule has 0 aliphatic rings. The van der Waals surface area contributed by atoms with Crippen molar-refractivity contribution in [3.8, 4) is 17.0 Å². The van der Waals surface area contributed by atoms with Gasteiger partial charge >= 0.3 is 6.36 Å². The third-order valence-electron chi connectivity index (χ3n) is 2.17. The first kappa shape index (κ1) is 12.2. The Labute approximate surface area is 101 Å². The van der Waals surface area contributed by atoms with Gasteiger partial charge < -0.3 is 10.5 Å². The van der Waals surface area contributed by atoms with Gasteiger partial charge in [0.05, 0.1) is 5.69 Å². The molecule has 3 nitrogen and oxygen atoms in total. The number of pyridine rings is 1. The molecule has 1 heterocycles. The van der Waals surface area contributed by atoms with Crippen LogP contribution in [0, 0.1) is 0 Å². The second kappa shape index (κ2) is 4.56. The van der Waals surface area contributed by atoms with E-state index in [2.05, 4.69) is 9.72 Å². The molecule has 2 aromatic rings. The number of aromatic nitrogens is 1. The van der Waals surface area contributed by atoms with Crippen LogP contribution >= 0.6 is 0 Å². The Bertz CT molecular complexity index is 538. The van der Waals surface area contributed by atoms with E-state index in [9.17, 15) is 13.2 Å². The van der Waals surface area contributed by atoms with Gasteiger partial charge in [-0.25, -0.2) is 0 Å². The van der Waals surface area contributed by atoms with Crippen LogP contribution in [0.1, 0.15) is 0 Å². The molecule has 0 saturated heterocycles. The monoisotopic (exact) mass is 254 g/mol. The molecule has 2 N–H and O–H groups in total. The Hall–Kier alpha value is -2.24. The molecule has 0 aliphatic carbocycles. The van der Waals surface area contributed by atoms with Crippen LogP contribution in [0.3, 0.4) is 0 Å². The first-order valence-electron chi connectivity index (χ1n) is 5.02. The van der Waals surface area contributed by atoms with Crippen molar-refractivity contribution in [1.29, 1.82) is 0 Å². The van der Waals surface area contributed by atoms with Crippen molar-refractivity contribution in [2.45, 2.75) is 6.36 Å². The molecule has 0 atom stereocenters. The average Bonchev–Trinajstić information content (AvgIpc) is 2.28. The van der Waals surface area contributed by atoms with Gasteiger partial charge in [-0.1, -0.05) is 0 Å². The Morgan fingerprint density at radius 3 is 2.28 bits per heavy atom. The smallest absolute Gasteiger partial charge is 0.406 e. The van der Waals surface area contributed by atoms with E-state index in [1.807, 2.05) is 0 Å². The van der Waals surface area contributed by atoms with E-state index in [1.54, 1.807) is 12.1 Å². The number of nitrogens with zero attached hydrogens (tertiary/aromatic N) is 1. The van der Waals surface area contributed by atoms with Crippen molar-refractivity contribution in [1.82, 2.24) is 4.98 Å². The number of rotatable bonds is 2. The molecule has 1 aromatic carbocycles. The zero-order chi connectivity index (χ0) is 13.2. The summed E-state index contributed by atoms with van der Waals surface area (Å²) in [5.74, 6) is -0.268. The Kier molecular flexibility index (Phi) is 3.10. The summed E-state index contributed by atoms with van der Waals surface area (Å²) >= 11 is 0. The van der Waals surface area contributed by atoms with Gasteiger partial charge in [0.1, 0.15) is 5.75 Å². The van der Waals surface area contributed by atoms with Crippen molar-refractivity contribution in [2.24, 2.45) is 0 Å². The van der Waals surface area contributed by atoms with Gasteiger partial charge in [-0.3, -0.25) is 4.98 Å². The van der Waals surface area contributed by atoms with E-state index in [4.69, 9.17) is 5.73 Å². The van der Waals surface area contributed by atoms with Gasteiger partial charge in [-0.2, -0.15) is 0 Å². The third kappa shape index (κ3) is 3.13. The molecule has 0 amide bonds. The first-order chi connectivity index (χ1) is 8.44. The lowest BCUT2D eigenvalue weighted by Gasteiger charge is -2.09. The highest BCUT2D eigenvalue weighted by molar-refractivity contribution is 5.63. The van der Waals surface area contributed by atoms with Crippen LogP contribution in [0.15, 0.2) is 42.6 Å². The molecular formula is C12H9F3N2O. The van der Waals surface area contributed by atoms with Crippen LogP contribution in [-0.2, 0) is 0 Å². The molecule has 94 valence electrons. The van der Waals surface area contributed by atoms with Crippen LogP contribution in [0.2, 0.25) is 0 Å². The fourth-order valence-electron chi connectivity index (χ4n) is 1.43. The van der Waals surface area contributed by atoms with E-state index in [-0.39, 0.29) is 5.75 Å². The van der Waals surface area contributed by atoms with Crippen LogP contribution in [0.25, 0.3) is 11.3 Å². The number of nitrogen functional groups attached to an aromatic ring is 1. The van der Waals surface area contributed by atoms with Crippen molar-refractivity contribution in [3.63, 3.8) is 0 Å². The van der Waals surface area contributed by atoms with Crippen LogP contribution in [0.4, 0.5) is 18.9 Å². The van der Waals surface area contributed by atoms with Gasteiger partial charge in [0.2, 0.25) is 0 Å². The fraction of sp³-hybridized carbons (Fsp3) is 0.0833. The summed E-state index contributed by atoms with van der Waals surface area (Å²) in [7, 11) is 0. The first-order valence-corrected chi connectivity index (χ1v) is 5.02. The van der Waals surface area contributed by atoms with Crippen LogP contribution < -0.4 is 10.5 Å². The van der Waals surface area contributed by atoms with E-state index in [1.165, 1.54) is 30.5 Å². The summed E-state index contributed by atoms with van der Waals surface area (Å²) in [5.41, 5.74) is 7.39. The van der Waals surface area contributed by atoms with Gasteiger partial charge in [0.15, 0.2) is 0 Å². The van der Waals surface area contributed by atoms with Gasteiger partial charge in [-0.05, 0) is 36.4 Å². The second-order valence-electron chi connectivity index (χ2n) is 3.55. The predicted octanol–water partition coefficient (Wildman–Crippen LogP) is 3.23. The SMILES string of the molecule is Nc1ccnc(-c2ccc(OC(F)(F)F)cc2)c1. The highest BCUT2D eigenvalue weighted by atomic mass is 19.4. The number of benzene rings is 1. The normalized spacial score (nSPS) is 11.3. The summed E-state index contributed by atoms with van der Waals surface area (Å²) in [6, 6.07) is 8.71. The minimum absolute atomic E-state index is 0.268. The topological polar surface area (TPSA) is 48.1 Å². The van der Waals surface area contributed by atoms with E-state index in [0.717, 1.165) is 0 Å². The molecule has 18 heavy (non-hydrogen) atoms. The third-order valence-corrected chi connectivity index (χ3v) is 2.17. The maximum absolute atomic E-state index is 12.0. The lowest BCUT2D eigenvalue weighted by Crippen LogP contribution is -2.16. The number of hydrogen-bond acceptors (Lipinski definition) is 3. The minimum Gasteiger partial charge on any atom is -0.406 e. The van der Waals surface area contributed by atoms with E-state index in [0.29, 0.717) is 16.9 Å². The summed E-state index contributed by atoms with van der Waals surface area (Å²) in [5, 5.41) is 0. The molecule has 6 heteroatoms. The maximum atomic E-state index is 12.0. The summed E-state index contributed by atoms with van der Waals surface area (Å²) in [6.07, 6.45) is -3.15. The molecular weight excluding hydrogens is 245 g/mol. The molecule has 0 fully saturated rings. The maximum Gasteiger partial charge on any atom is 0.573 e. The van der Waals surface area contributed by atoms with Gasteiger partial charge in [-0.15, -0.1) is 13.2 Å². The molecule has 2 rings (SSSR count). The number of halogens is 3. The molecule has 0 bridgehead atoms. The second-order valence-corrected chi connectivity index (χ2v) is 3.55. The zero-order valence-electron chi connectivity index (χ0n) is 9.11. The van der Waals surface area contributed by atoms with E-state index >= 15 is 0 Å². The van der Waals surface area contributed by atoms with Crippen molar-refractivity contribution in [3.05, 3.63) is 42.6 Å². The number of alkyl halides is 3. The largest absolute Gasteiger partial charge is 0.573 e. The standard InChI is InChI=1S/C12H9F3N2O/c13-12(14,15)18-10-3-1-8(2-4-10)11-7-9(16)5-6-17-11/h1-7H,(H2,16,17). The lowest BCUT2D eigenvalue weighted by atomic mass is 10.1. The molecule has 0 unspecified atom stereocenters. The quantitative estimate of drug-likeness (QED) is 0.895. The van der Waals surface area contributed by atoms with Crippen LogP contribution in [-0.4, -0.2) is 11.3 Å². The van der Waals surface area contributed by atoms with Gasteiger partial charge in [0.25, 0.3) is 0 Å². The Balaban J connectivity index is 2.22. The molecule has 0 aliphatic heterocycles. The predicted molar refractivity (Wildman–Crippen MR) is 60.8 cm³/mol. The van der Waals surface area contributed by atoms with Crippen molar-refractivity contribution >= 4 is 5.69 Å². The molecule has 1 aromatic heterocycles. The minimum atomic E-state index is -4.68. The fourth-order valence-corrected chi connectivity index (χ4v) is 1.43. The van der Waals surface area contributed by atoms with Gasteiger partial charge in [0, 0.05) is 17.4 Å². The summed E-state index contributed by atoms with van der Waals surface area (Å²) in [4.78, 5) is 4.07. The Morgan fingerprint density at radius 2 is 1.72 bits per heavy atom. The summed E-state index contributed by atoms with van der Waals surface area (Å²) < 4.78 is 39.7. The highest BCUT2D eigenvalue weighted by Crippen LogP contribution is 2.26. The molecule has 0 saturated carbocycles. The molecule has 0 spiro atoms. The lowest BCUT2D eigenvalue weighted by molar-refractivity contribution is -0.274. The molecule has 0 radical (unpaired) electrons. The number of nitrogens with two attached hydrogens (primary N) is 1. The van der Waals surface area contributed by atoms with Crippen molar-refractivity contribution < 1.29 is 17.9 Å². The number of anilines is 1.